The fourth-order valence-corrected chi connectivity index (χ4v) is 2.22. The first-order valence-corrected chi connectivity index (χ1v) is 6.23. The molecule has 0 radical (unpaired) electrons. The highest BCUT2D eigenvalue weighted by Gasteiger charge is 2.21. The number of aliphatic hydroxyl groups excluding tert-OH is 1. The van der Waals surface area contributed by atoms with E-state index in [4.69, 9.17) is 0 Å². The monoisotopic (exact) mass is 264 g/mol. The molecule has 2 aromatic rings. The average Bonchev–Trinajstić information content (AvgIpc) is 2.77. The third-order valence-corrected chi connectivity index (χ3v) is 3.30. The molecule has 2 N–H and O–H groups in total. The Kier molecular flexibility index (Phi) is 3.97. The van der Waals surface area contributed by atoms with E-state index in [1.54, 1.807) is 19.3 Å². The van der Waals surface area contributed by atoms with Crippen molar-refractivity contribution in [3.8, 4) is 0 Å². The highest BCUT2D eigenvalue weighted by Crippen LogP contribution is 2.23. The van der Waals surface area contributed by atoms with Gasteiger partial charge in [0.15, 0.2) is 5.78 Å². The van der Waals surface area contributed by atoms with Gasteiger partial charge in [0.25, 0.3) is 0 Å². The standard InChI is InChI=1S/C14H17FN2O2/c1-3-17-7-11(14(19)12(8-18)16-2)10-5-4-9(15)6-13(10)17/h4-7,12,16,18H,3,8H2,1-2H3. The zero-order valence-corrected chi connectivity index (χ0v) is 11.0. The van der Waals surface area contributed by atoms with Gasteiger partial charge in [-0.15, -0.1) is 0 Å². The number of aliphatic hydroxyl groups is 1. The lowest BCUT2D eigenvalue weighted by atomic mass is 10.0. The first-order chi connectivity index (χ1) is 9.12. The number of Topliss-reactive ketones (excluding diaryl/α,β-unsaturated/α-hetero) is 1. The van der Waals surface area contributed by atoms with Crippen LogP contribution in [0.4, 0.5) is 4.39 Å². The molecule has 2 rings (SSSR count). The molecule has 0 aliphatic heterocycles. The molecule has 4 nitrogen and oxygen atoms in total. The number of carbonyl (C=O) groups excluding carboxylic acids is 1. The first kappa shape index (κ1) is 13.7. The summed E-state index contributed by atoms with van der Waals surface area (Å²) in [5, 5.41) is 12.7. The molecule has 0 aliphatic rings. The largest absolute Gasteiger partial charge is 0.394 e. The van der Waals surface area contributed by atoms with Gasteiger partial charge in [0.1, 0.15) is 5.82 Å². The molecular weight excluding hydrogens is 247 g/mol. The second-order valence-electron chi connectivity index (χ2n) is 4.38. The van der Waals surface area contributed by atoms with Crippen molar-refractivity contribution in [2.75, 3.05) is 13.7 Å². The van der Waals surface area contributed by atoms with E-state index in [0.717, 1.165) is 0 Å². The number of aromatic nitrogens is 1. The van der Waals surface area contributed by atoms with E-state index >= 15 is 0 Å². The number of rotatable bonds is 5. The Morgan fingerprint density at radius 1 is 1.53 bits per heavy atom. The molecule has 1 unspecified atom stereocenters. The third-order valence-electron chi connectivity index (χ3n) is 3.30. The summed E-state index contributed by atoms with van der Waals surface area (Å²) in [7, 11) is 1.62. The predicted octanol–water partition coefficient (Wildman–Crippen LogP) is 1.56. The smallest absolute Gasteiger partial charge is 0.184 e. The number of carbonyl (C=O) groups is 1. The molecule has 0 saturated heterocycles. The zero-order valence-electron chi connectivity index (χ0n) is 11.0. The maximum atomic E-state index is 13.3. The minimum Gasteiger partial charge on any atom is -0.394 e. The van der Waals surface area contributed by atoms with Crippen LogP contribution < -0.4 is 5.32 Å². The minimum atomic E-state index is -0.638. The molecule has 0 spiro atoms. The molecule has 1 aromatic carbocycles. The van der Waals surface area contributed by atoms with Crippen molar-refractivity contribution in [3.05, 3.63) is 35.8 Å². The second kappa shape index (κ2) is 5.50. The van der Waals surface area contributed by atoms with Crippen molar-refractivity contribution in [1.82, 2.24) is 9.88 Å². The Bertz CT molecular complexity index is 603. The summed E-state index contributed by atoms with van der Waals surface area (Å²) in [6.45, 7) is 2.31. The van der Waals surface area contributed by atoms with E-state index in [1.165, 1.54) is 12.1 Å². The number of hydrogen-bond acceptors (Lipinski definition) is 3. The number of ketones is 1. The fourth-order valence-electron chi connectivity index (χ4n) is 2.22. The summed E-state index contributed by atoms with van der Waals surface area (Å²) >= 11 is 0. The van der Waals surface area contributed by atoms with Crippen molar-refractivity contribution in [2.45, 2.75) is 19.5 Å². The predicted molar refractivity (Wildman–Crippen MR) is 71.8 cm³/mol. The third kappa shape index (κ3) is 2.39. The molecule has 102 valence electrons. The lowest BCUT2D eigenvalue weighted by Gasteiger charge is -2.10. The number of fused-ring (bicyclic) bond motifs is 1. The van der Waals surface area contributed by atoms with Gasteiger partial charge >= 0.3 is 0 Å². The van der Waals surface area contributed by atoms with Crippen LogP contribution in [0.1, 0.15) is 17.3 Å². The lowest BCUT2D eigenvalue weighted by molar-refractivity contribution is 0.0906. The Balaban J connectivity index is 2.58. The van der Waals surface area contributed by atoms with E-state index < -0.39 is 6.04 Å². The van der Waals surface area contributed by atoms with Crippen LogP contribution in [0.15, 0.2) is 24.4 Å². The number of nitrogens with one attached hydrogen (secondary N) is 1. The van der Waals surface area contributed by atoms with Gasteiger partial charge in [-0.2, -0.15) is 0 Å². The molecule has 1 aromatic heterocycles. The molecule has 0 aliphatic carbocycles. The summed E-state index contributed by atoms with van der Waals surface area (Å²) in [5.74, 6) is -0.513. The molecule has 0 fully saturated rings. The zero-order chi connectivity index (χ0) is 14.0. The van der Waals surface area contributed by atoms with Gasteiger partial charge in [-0.05, 0) is 32.2 Å². The van der Waals surface area contributed by atoms with Crippen molar-refractivity contribution in [2.24, 2.45) is 0 Å². The molecule has 1 atom stereocenters. The Hall–Kier alpha value is -1.72. The summed E-state index contributed by atoms with van der Waals surface area (Å²) in [6, 6.07) is 3.73. The SMILES string of the molecule is CCn1cc(C(=O)C(CO)NC)c2ccc(F)cc21. The van der Waals surface area contributed by atoms with E-state index in [9.17, 15) is 14.3 Å². The number of nitrogens with zero attached hydrogens (tertiary/aromatic N) is 1. The highest BCUT2D eigenvalue weighted by atomic mass is 19.1. The number of likely N-dealkylation sites (N-methyl/N-ethyl adjacent to an activating group) is 1. The maximum absolute atomic E-state index is 13.3. The van der Waals surface area contributed by atoms with Crippen molar-refractivity contribution in [3.63, 3.8) is 0 Å². The number of aryl methyl sites for hydroxylation is 1. The van der Waals surface area contributed by atoms with Gasteiger partial charge in [0.2, 0.25) is 0 Å². The van der Waals surface area contributed by atoms with Gasteiger partial charge in [-0.3, -0.25) is 4.79 Å². The van der Waals surface area contributed by atoms with E-state index in [2.05, 4.69) is 5.32 Å². The molecule has 19 heavy (non-hydrogen) atoms. The Labute approximate surface area is 110 Å². The van der Waals surface area contributed by atoms with Crippen molar-refractivity contribution < 1.29 is 14.3 Å². The molecule has 0 saturated carbocycles. The minimum absolute atomic E-state index is 0.186. The van der Waals surface area contributed by atoms with Crippen LogP contribution in [0, 0.1) is 5.82 Å². The summed E-state index contributed by atoms with van der Waals surface area (Å²) in [6.07, 6.45) is 1.71. The molecule has 5 heteroatoms. The van der Waals surface area contributed by atoms with Crippen LogP contribution in [0.25, 0.3) is 10.9 Å². The lowest BCUT2D eigenvalue weighted by Crippen LogP contribution is -2.37. The van der Waals surface area contributed by atoms with Crippen LogP contribution in [0.5, 0.6) is 0 Å². The summed E-state index contributed by atoms with van der Waals surface area (Å²) in [4.78, 5) is 12.3. The molecular formula is C14H17FN2O2. The normalized spacial score (nSPS) is 12.8. The fraction of sp³-hybridized carbons (Fsp3) is 0.357. The summed E-state index contributed by atoms with van der Waals surface area (Å²) < 4.78 is 15.1. The molecule has 0 bridgehead atoms. The number of hydrogen-bond donors (Lipinski definition) is 2. The molecule has 1 heterocycles. The van der Waals surface area contributed by atoms with Crippen LogP contribution in [-0.4, -0.2) is 35.2 Å². The van der Waals surface area contributed by atoms with Crippen LogP contribution in [0.3, 0.4) is 0 Å². The van der Waals surface area contributed by atoms with Gasteiger partial charge in [0, 0.05) is 23.7 Å². The van der Waals surface area contributed by atoms with Gasteiger partial charge in [0.05, 0.1) is 18.2 Å². The van der Waals surface area contributed by atoms with E-state index in [0.29, 0.717) is 23.0 Å². The van der Waals surface area contributed by atoms with Crippen molar-refractivity contribution >= 4 is 16.7 Å². The maximum Gasteiger partial charge on any atom is 0.184 e. The van der Waals surface area contributed by atoms with Crippen LogP contribution in [0.2, 0.25) is 0 Å². The second-order valence-corrected chi connectivity index (χ2v) is 4.38. The van der Waals surface area contributed by atoms with Crippen LogP contribution in [-0.2, 0) is 6.54 Å². The summed E-state index contributed by atoms with van der Waals surface area (Å²) in [5.41, 5.74) is 1.20. The highest BCUT2D eigenvalue weighted by molar-refractivity contribution is 6.10. The quantitative estimate of drug-likeness (QED) is 0.806. The van der Waals surface area contributed by atoms with Gasteiger partial charge < -0.3 is 15.0 Å². The topological polar surface area (TPSA) is 54.3 Å². The Morgan fingerprint density at radius 2 is 2.26 bits per heavy atom. The number of benzene rings is 1. The number of halogens is 1. The van der Waals surface area contributed by atoms with Crippen molar-refractivity contribution in [1.29, 1.82) is 0 Å². The Morgan fingerprint density at radius 3 is 2.84 bits per heavy atom. The van der Waals surface area contributed by atoms with Crippen LogP contribution >= 0.6 is 0 Å². The van der Waals surface area contributed by atoms with Gasteiger partial charge in [-0.25, -0.2) is 4.39 Å². The first-order valence-electron chi connectivity index (χ1n) is 6.23. The average molecular weight is 264 g/mol. The van der Waals surface area contributed by atoms with E-state index in [-0.39, 0.29) is 18.2 Å². The van der Waals surface area contributed by atoms with Gasteiger partial charge in [-0.1, -0.05) is 0 Å². The molecule has 0 amide bonds. The van der Waals surface area contributed by atoms with E-state index in [1.807, 2.05) is 11.5 Å².